The third-order valence-corrected chi connectivity index (χ3v) is 7.41. The van der Waals surface area contributed by atoms with Gasteiger partial charge in [0.2, 0.25) is 11.8 Å². The molecule has 184 valence electrons. The molecule has 3 rings (SSSR count). The fraction of sp³-hybridized carbons (Fsp3) is 0.310. The van der Waals surface area contributed by atoms with Crippen LogP contribution in [-0.2, 0) is 22.6 Å². The summed E-state index contributed by atoms with van der Waals surface area (Å²) < 4.78 is 0.980. The lowest BCUT2D eigenvalue weighted by molar-refractivity contribution is -0.141. The third kappa shape index (κ3) is 8.86. The van der Waals surface area contributed by atoms with Gasteiger partial charge in [0, 0.05) is 40.5 Å². The second-order valence-electron chi connectivity index (χ2n) is 8.58. The number of nitrogens with one attached hydrogen (secondary N) is 1. The van der Waals surface area contributed by atoms with E-state index in [9.17, 15) is 9.59 Å². The summed E-state index contributed by atoms with van der Waals surface area (Å²) in [6, 6.07) is 27.4. The summed E-state index contributed by atoms with van der Waals surface area (Å²) >= 11 is 5.14. The van der Waals surface area contributed by atoms with E-state index in [1.807, 2.05) is 98.8 Å². The first kappa shape index (κ1) is 27.0. The van der Waals surface area contributed by atoms with E-state index >= 15 is 0 Å². The average Bonchev–Trinajstić information content (AvgIpc) is 2.88. The number of carbonyl (C=O) groups excluding carboxylic acids is 2. The number of halogens is 1. The quantitative estimate of drug-likeness (QED) is 0.261. The van der Waals surface area contributed by atoms with Gasteiger partial charge in [-0.3, -0.25) is 9.59 Å². The number of benzene rings is 3. The van der Waals surface area contributed by atoms with Crippen molar-refractivity contribution < 1.29 is 9.59 Å². The largest absolute Gasteiger partial charge is 0.352 e. The van der Waals surface area contributed by atoms with Crippen LogP contribution in [0.2, 0.25) is 0 Å². The van der Waals surface area contributed by atoms with E-state index in [-0.39, 0.29) is 17.9 Å². The molecule has 0 heterocycles. The zero-order chi connectivity index (χ0) is 25.0. The lowest BCUT2D eigenvalue weighted by Crippen LogP contribution is -2.52. The van der Waals surface area contributed by atoms with Gasteiger partial charge in [-0.1, -0.05) is 83.5 Å². The molecule has 0 unspecified atom stereocenters. The third-order valence-electron chi connectivity index (χ3n) is 5.87. The van der Waals surface area contributed by atoms with Gasteiger partial charge in [-0.15, -0.1) is 11.8 Å². The Morgan fingerprint density at radius 1 is 0.914 bits per heavy atom. The number of carbonyl (C=O) groups is 2. The molecule has 0 saturated carbocycles. The van der Waals surface area contributed by atoms with Crippen molar-refractivity contribution >= 4 is 39.5 Å². The van der Waals surface area contributed by atoms with E-state index in [2.05, 4.69) is 21.2 Å². The predicted molar refractivity (Wildman–Crippen MR) is 148 cm³/mol. The maximum atomic E-state index is 13.6. The number of rotatable bonds is 12. The van der Waals surface area contributed by atoms with E-state index in [4.69, 9.17) is 0 Å². The highest BCUT2D eigenvalue weighted by Gasteiger charge is 2.30. The molecular formula is C29H33BrN2O2S. The Hall–Kier alpha value is -2.57. The van der Waals surface area contributed by atoms with Gasteiger partial charge in [0.25, 0.3) is 0 Å². The summed E-state index contributed by atoms with van der Waals surface area (Å²) in [6.45, 7) is 4.42. The van der Waals surface area contributed by atoms with Crippen molar-refractivity contribution in [2.75, 3.05) is 5.75 Å². The fourth-order valence-corrected chi connectivity index (χ4v) is 4.82. The predicted octanol–water partition coefficient (Wildman–Crippen LogP) is 6.49. The second-order valence-corrected chi connectivity index (χ2v) is 10.7. The van der Waals surface area contributed by atoms with Crippen molar-refractivity contribution in [3.05, 3.63) is 101 Å². The second kappa shape index (κ2) is 14.1. The zero-order valence-corrected chi connectivity index (χ0v) is 22.7. The van der Waals surface area contributed by atoms with Crippen LogP contribution in [0.5, 0.6) is 0 Å². The number of hydrogen-bond donors (Lipinski definition) is 1. The normalized spacial score (nSPS) is 12.5. The molecule has 0 bridgehead atoms. The first-order valence-corrected chi connectivity index (χ1v) is 13.8. The van der Waals surface area contributed by atoms with Crippen LogP contribution in [0.4, 0.5) is 0 Å². The van der Waals surface area contributed by atoms with Crippen LogP contribution in [0.3, 0.4) is 0 Å². The topological polar surface area (TPSA) is 49.4 Å². The van der Waals surface area contributed by atoms with Crippen molar-refractivity contribution in [3.63, 3.8) is 0 Å². The molecule has 0 aliphatic heterocycles. The molecule has 0 saturated heterocycles. The van der Waals surface area contributed by atoms with Gasteiger partial charge < -0.3 is 10.2 Å². The molecule has 0 aliphatic carbocycles. The Labute approximate surface area is 221 Å². The van der Waals surface area contributed by atoms with Crippen LogP contribution in [-0.4, -0.2) is 34.6 Å². The number of nitrogens with zero attached hydrogens (tertiary/aromatic N) is 1. The van der Waals surface area contributed by atoms with E-state index in [1.165, 1.54) is 0 Å². The first-order valence-electron chi connectivity index (χ1n) is 12.0. The highest BCUT2D eigenvalue weighted by atomic mass is 79.9. The van der Waals surface area contributed by atoms with Gasteiger partial charge in [-0.25, -0.2) is 0 Å². The molecule has 0 aliphatic rings. The number of amides is 2. The highest BCUT2D eigenvalue weighted by Crippen LogP contribution is 2.21. The van der Waals surface area contributed by atoms with Crippen LogP contribution in [0.1, 0.15) is 37.8 Å². The van der Waals surface area contributed by atoms with E-state index in [0.717, 1.165) is 26.9 Å². The standard InChI is InChI=1S/C29H33BrN2O2S/c1-3-22(2)31-29(34)27(20-23-10-6-4-7-11-23)32(21-24-14-16-25(30)17-15-24)28(33)18-19-35-26-12-8-5-9-13-26/h4-17,22,27H,3,18-21H2,1-2H3,(H,31,34)/t22-,27-/m0/s1. The zero-order valence-electron chi connectivity index (χ0n) is 20.3. The van der Waals surface area contributed by atoms with Crippen LogP contribution < -0.4 is 5.32 Å². The fourth-order valence-electron chi connectivity index (χ4n) is 3.70. The molecule has 0 spiro atoms. The Kier molecular flexibility index (Phi) is 10.9. The SMILES string of the molecule is CC[C@H](C)NC(=O)[C@H](Cc1ccccc1)N(Cc1ccc(Br)cc1)C(=O)CCSc1ccccc1. The van der Waals surface area contributed by atoms with Gasteiger partial charge in [-0.2, -0.15) is 0 Å². The van der Waals surface area contributed by atoms with Crippen molar-refractivity contribution in [2.24, 2.45) is 0 Å². The molecule has 3 aromatic rings. The van der Waals surface area contributed by atoms with Gasteiger partial charge in [0.05, 0.1) is 0 Å². The number of hydrogen-bond acceptors (Lipinski definition) is 3. The molecule has 4 nitrogen and oxygen atoms in total. The van der Waals surface area contributed by atoms with E-state index in [1.54, 1.807) is 16.7 Å². The smallest absolute Gasteiger partial charge is 0.243 e. The van der Waals surface area contributed by atoms with Crippen molar-refractivity contribution in [3.8, 4) is 0 Å². The Balaban J connectivity index is 1.85. The van der Waals surface area contributed by atoms with Gasteiger partial charge >= 0.3 is 0 Å². The Morgan fingerprint density at radius 3 is 2.17 bits per heavy atom. The molecule has 0 fully saturated rings. The summed E-state index contributed by atoms with van der Waals surface area (Å²) in [5.74, 6) is 0.533. The van der Waals surface area contributed by atoms with Gasteiger partial charge in [0.1, 0.15) is 6.04 Å². The van der Waals surface area contributed by atoms with E-state index in [0.29, 0.717) is 25.1 Å². The summed E-state index contributed by atoms with van der Waals surface area (Å²) in [4.78, 5) is 30.0. The summed E-state index contributed by atoms with van der Waals surface area (Å²) in [5, 5.41) is 3.12. The van der Waals surface area contributed by atoms with Crippen LogP contribution >= 0.6 is 27.7 Å². The Morgan fingerprint density at radius 2 is 1.54 bits per heavy atom. The molecule has 1 N–H and O–H groups in total. The molecule has 0 radical (unpaired) electrons. The average molecular weight is 554 g/mol. The van der Waals surface area contributed by atoms with Crippen LogP contribution in [0, 0.1) is 0 Å². The minimum absolute atomic E-state index is 0.0171. The van der Waals surface area contributed by atoms with Crippen molar-refractivity contribution in [2.45, 2.75) is 56.6 Å². The van der Waals surface area contributed by atoms with Gasteiger partial charge in [0.15, 0.2) is 0 Å². The minimum Gasteiger partial charge on any atom is -0.352 e. The monoisotopic (exact) mass is 552 g/mol. The maximum absolute atomic E-state index is 13.6. The maximum Gasteiger partial charge on any atom is 0.243 e. The minimum atomic E-state index is -0.593. The van der Waals surface area contributed by atoms with Crippen molar-refractivity contribution in [1.29, 1.82) is 0 Å². The summed E-state index contributed by atoms with van der Waals surface area (Å²) in [5.41, 5.74) is 2.02. The van der Waals surface area contributed by atoms with Crippen LogP contribution in [0.15, 0.2) is 94.3 Å². The molecule has 2 amide bonds. The molecule has 0 aromatic heterocycles. The van der Waals surface area contributed by atoms with E-state index < -0.39 is 6.04 Å². The molecule has 6 heteroatoms. The summed E-state index contributed by atoms with van der Waals surface area (Å²) in [7, 11) is 0. The first-order chi connectivity index (χ1) is 17.0. The summed E-state index contributed by atoms with van der Waals surface area (Å²) in [6.07, 6.45) is 1.66. The lowest BCUT2D eigenvalue weighted by atomic mass is 10.0. The number of thioether (sulfide) groups is 1. The van der Waals surface area contributed by atoms with Crippen molar-refractivity contribution in [1.82, 2.24) is 10.2 Å². The lowest BCUT2D eigenvalue weighted by Gasteiger charge is -2.32. The van der Waals surface area contributed by atoms with Gasteiger partial charge in [-0.05, 0) is 48.7 Å². The molecule has 3 aromatic carbocycles. The highest BCUT2D eigenvalue weighted by molar-refractivity contribution is 9.10. The Bertz CT molecular complexity index is 1060. The van der Waals surface area contributed by atoms with Crippen LogP contribution in [0.25, 0.3) is 0 Å². The molecular weight excluding hydrogens is 520 g/mol. The molecule has 2 atom stereocenters. The molecule has 35 heavy (non-hydrogen) atoms.